The van der Waals surface area contributed by atoms with Gasteiger partial charge in [-0.25, -0.2) is 14.0 Å². The molecule has 33 heavy (non-hydrogen) atoms. The van der Waals surface area contributed by atoms with Crippen LogP contribution in [0.3, 0.4) is 0 Å². The van der Waals surface area contributed by atoms with Gasteiger partial charge in [0.2, 0.25) is 5.91 Å². The Kier molecular flexibility index (Phi) is 7.88. The fourth-order valence-corrected chi connectivity index (χ4v) is 3.84. The zero-order valence-corrected chi connectivity index (χ0v) is 18.5. The van der Waals surface area contributed by atoms with Crippen LogP contribution >= 0.6 is 11.3 Å². The van der Waals surface area contributed by atoms with Crippen LogP contribution in [-0.2, 0) is 20.8 Å². The first kappa shape index (κ1) is 25.5. The Bertz CT molecular complexity index is 1110. The van der Waals surface area contributed by atoms with Gasteiger partial charge in [-0.3, -0.25) is 15.0 Å². The van der Waals surface area contributed by atoms with Crippen molar-refractivity contribution in [1.82, 2.24) is 5.32 Å². The number of esters is 1. The summed E-state index contributed by atoms with van der Waals surface area (Å²) in [4.78, 5) is 47.7. The molecule has 0 radical (unpaired) electrons. The maximum Gasteiger partial charge on any atom is 0.353 e. The van der Waals surface area contributed by atoms with E-state index in [1.54, 1.807) is 19.9 Å². The second-order valence-electron chi connectivity index (χ2n) is 7.74. The third kappa shape index (κ3) is 6.84. The van der Waals surface area contributed by atoms with E-state index in [0.29, 0.717) is 4.88 Å². The van der Waals surface area contributed by atoms with Gasteiger partial charge >= 0.3 is 17.9 Å². The van der Waals surface area contributed by atoms with E-state index in [1.165, 1.54) is 18.2 Å². The molecule has 0 aliphatic heterocycles. The number of nitrogens with one attached hydrogen (secondary N) is 2. The van der Waals surface area contributed by atoms with Crippen molar-refractivity contribution >= 4 is 41.0 Å². The van der Waals surface area contributed by atoms with Crippen molar-refractivity contribution in [3.63, 3.8) is 0 Å². The van der Waals surface area contributed by atoms with Gasteiger partial charge < -0.3 is 26.0 Å². The van der Waals surface area contributed by atoms with E-state index in [0.717, 1.165) is 17.4 Å². The van der Waals surface area contributed by atoms with Crippen LogP contribution in [-0.4, -0.2) is 45.9 Å². The number of carboxylic acid groups (broad SMARTS) is 2. The Hall–Kier alpha value is -3.80. The van der Waals surface area contributed by atoms with Gasteiger partial charge in [0.25, 0.3) is 0 Å². The van der Waals surface area contributed by atoms with Gasteiger partial charge in [-0.15, -0.1) is 11.3 Å². The van der Waals surface area contributed by atoms with Gasteiger partial charge in [-0.2, -0.15) is 0 Å². The van der Waals surface area contributed by atoms with Crippen LogP contribution in [0, 0.1) is 16.6 Å². The van der Waals surface area contributed by atoms with Gasteiger partial charge in [0.05, 0.1) is 6.42 Å². The summed E-state index contributed by atoms with van der Waals surface area (Å²) in [5, 5.41) is 27.4. The molecule has 0 spiro atoms. The molecule has 0 fully saturated rings. The summed E-state index contributed by atoms with van der Waals surface area (Å²) in [6, 6.07) is 4.94. The zero-order chi connectivity index (χ0) is 24.9. The summed E-state index contributed by atoms with van der Waals surface area (Å²) in [5.74, 6) is -5.85. The average Bonchev–Trinajstić information content (AvgIpc) is 3.16. The second-order valence-corrected chi connectivity index (χ2v) is 8.91. The van der Waals surface area contributed by atoms with Crippen molar-refractivity contribution in [2.24, 2.45) is 11.1 Å². The lowest BCUT2D eigenvalue weighted by atomic mass is 9.87. The van der Waals surface area contributed by atoms with Crippen molar-refractivity contribution in [2.75, 3.05) is 0 Å². The van der Waals surface area contributed by atoms with Crippen LogP contribution in [0.1, 0.15) is 40.4 Å². The van der Waals surface area contributed by atoms with E-state index in [-0.39, 0.29) is 28.4 Å². The number of hydrogen-bond acceptors (Lipinski definition) is 7. The first-order valence-corrected chi connectivity index (χ1v) is 10.3. The molecule has 2 rings (SSSR count). The number of ether oxygens (including phenoxy) is 1. The average molecular weight is 479 g/mol. The molecule has 0 saturated heterocycles. The number of rotatable bonds is 10. The van der Waals surface area contributed by atoms with Crippen LogP contribution in [0.4, 0.5) is 4.39 Å². The highest BCUT2D eigenvalue weighted by atomic mass is 32.1. The number of carbonyl (C=O) groups excluding carboxylic acids is 2. The number of amidine groups is 1. The Morgan fingerprint density at radius 3 is 2.42 bits per heavy atom. The van der Waals surface area contributed by atoms with Crippen molar-refractivity contribution < 1.29 is 38.5 Å². The summed E-state index contributed by atoms with van der Waals surface area (Å²) >= 11 is 1.01. The molecule has 1 aromatic heterocycles. The maximum absolute atomic E-state index is 14.1. The van der Waals surface area contributed by atoms with E-state index in [2.05, 4.69) is 5.32 Å². The number of aliphatic carboxylic acids is 2. The number of thiophene rings is 1. The lowest BCUT2D eigenvalue weighted by Gasteiger charge is -2.25. The van der Waals surface area contributed by atoms with E-state index in [9.17, 15) is 23.6 Å². The Morgan fingerprint density at radius 1 is 1.21 bits per heavy atom. The van der Waals surface area contributed by atoms with E-state index in [1.807, 2.05) is 0 Å². The second kappa shape index (κ2) is 10.2. The number of nitrogens with two attached hydrogens (primary N) is 1. The van der Waals surface area contributed by atoms with Crippen molar-refractivity contribution in [2.45, 2.75) is 32.7 Å². The molecule has 0 unspecified atom stereocenters. The SMILES string of the molecule is CC(C)(Cc1ccc(C(=O)Oc2ccc(C(=N)N)cc2F)s1)C(=O)N[C@@H](CC(=O)O)C(=O)O. The highest BCUT2D eigenvalue weighted by molar-refractivity contribution is 7.14. The van der Waals surface area contributed by atoms with E-state index >= 15 is 0 Å². The maximum atomic E-state index is 14.1. The minimum atomic E-state index is -1.58. The number of carbonyl (C=O) groups is 4. The summed E-state index contributed by atoms with van der Waals surface area (Å²) in [6.07, 6.45) is -0.645. The molecule has 0 bridgehead atoms. The monoisotopic (exact) mass is 479 g/mol. The molecule has 1 aromatic carbocycles. The molecule has 0 saturated carbocycles. The molecule has 0 aliphatic rings. The van der Waals surface area contributed by atoms with Crippen LogP contribution < -0.4 is 15.8 Å². The molecule has 0 aliphatic carbocycles. The topological polar surface area (TPSA) is 180 Å². The van der Waals surface area contributed by atoms with Crippen molar-refractivity contribution in [3.05, 3.63) is 51.5 Å². The molecule has 1 atom stereocenters. The highest BCUT2D eigenvalue weighted by Crippen LogP contribution is 2.28. The van der Waals surface area contributed by atoms with Crippen LogP contribution in [0.2, 0.25) is 0 Å². The first-order chi connectivity index (χ1) is 15.3. The van der Waals surface area contributed by atoms with Gasteiger partial charge in [0.1, 0.15) is 16.8 Å². The molecule has 6 N–H and O–H groups in total. The minimum absolute atomic E-state index is 0.123. The van der Waals surface area contributed by atoms with Gasteiger partial charge in [0, 0.05) is 15.9 Å². The fraction of sp³-hybridized carbons (Fsp3) is 0.286. The normalized spacial score (nSPS) is 12.0. The predicted molar refractivity (Wildman–Crippen MR) is 116 cm³/mol. The molecule has 10 nitrogen and oxygen atoms in total. The summed E-state index contributed by atoms with van der Waals surface area (Å²) in [7, 11) is 0. The number of amides is 1. The first-order valence-electron chi connectivity index (χ1n) is 9.50. The summed E-state index contributed by atoms with van der Waals surface area (Å²) < 4.78 is 19.2. The number of halogens is 1. The van der Waals surface area contributed by atoms with Gasteiger partial charge in [-0.05, 0) is 36.8 Å². The lowest BCUT2D eigenvalue weighted by molar-refractivity contribution is -0.148. The Labute approximate surface area is 191 Å². The molecular formula is C21H22FN3O7S. The Morgan fingerprint density at radius 2 is 1.88 bits per heavy atom. The van der Waals surface area contributed by atoms with Crippen molar-refractivity contribution in [1.29, 1.82) is 5.41 Å². The molecular weight excluding hydrogens is 457 g/mol. The number of nitrogen functional groups attached to an aromatic ring is 1. The lowest BCUT2D eigenvalue weighted by Crippen LogP contribution is -2.48. The smallest absolute Gasteiger partial charge is 0.353 e. The summed E-state index contributed by atoms with van der Waals surface area (Å²) in [5.41, 5.74) is 4.31. The number of benzene rings is 1. The van der Waals surface area contributed by atoms with Crippen LogP contribution in [0.25, 0.3) is 0 Å². The minimum Gasteiger partial charge on any atom is -0.481 e. The molecule has 2 aromatic rings. The predicted octanol–water partition coefficient (Wildman–Crippen LogP) is 2.00. The third-order valence-electron chi connectivity index (χ3n) is 4.52. The standard InChI is InChI=1S/C21H22FN3O7S/c1-21(2,20(31)25-13(18(28)29)8-16(26)27)9-11-4-6-15(33-11)19(30)32-14-5-3-10(17(23)24)7-12(14)22/h3-7,13H,8-9H2,1-2H3,(H3,23,24)(H,25,31)(H,26,27)(H,28,29)/t13-/m0/s1. The number of hydrogen-bond donors (Lipinski definition) is 5. The third-order valence-corrected chi connectivity index (χ3v) is 5.59. The fourth-order valence-electron chi connectivity index (χ4n) is 2.73. The van der Waals surface area contributed by atoms with E-state index in [4.69, 9.17) is 26.1 Å². The number of carboxylic acids is 2. The van der Waals surface area contributed by atoms with Crippen LogP contribution in [0.5, 0.6) is 5.75 Å². The molecule has 12 heteroatoms. The van der Waals surface area contributed by atoms with Gasteiger partial charge in [0.15, 0.2) is 11.6 Å². The molecule has 176 valence electrons. The van der Waals surface area contributed by atoms with Crippen molar-refractivity contribution in [3.8, 4) is 5.75 Å². The van der Waals surface area contributed by atoms with Gasteiger partial charge in [-0.1, -0.05) is 13.8 Å². The molecule has 1 amide bonds. The molecule has 1 heterocycles. The van der Waals surface area contributed by atoms with E-state index < -0.39 is 47.5 Å². The summed E-state index contributed by atoms with van der Waals surface area (Å²) in [6.45, 7) is 3.09. The zero-order valence-electron chi connectivity index (χ0n) is 17.7. The Balaban J connectivity index is 2.07. The highest BCUT2D eigenvalue weighted by Gasteiger charge is 2.33. The quantitative estimate of drug-likeness (QED) is 0.148. The largest absolute Gasteiger partial charge is 0.481 e. The van der Waals surface area contributed by atoms with Crippen LogP contribution in [0.15, 0.2) is 30.3 Å².